The number of halogens is 2. The zero-order chi connectivity index (χ0) is 29.0. The van der Waals surface area contributed by atoms with Gasteiger partial charge in [0.25, 0.3) is 5.91 Å². The first-order valence-corrected chi connectivity index (χ1v) is 13.5. The Hall–Kier alpha value is -3.47. The molecule has 9 nitrogen and oxygen atoms in total. The van der Waals surface area contributed by atoms with Crippen molar-refractivity contribution in [3.8, 4) is 17.0 Å². The van der Waals surface area contributed by atoms with Gasteiger partial charge in [-0.15, -0.1) is 0 Å². The van der Waals surface area contributed by atoms with E-state index in [9.17, 15) is 14.0 Å². The molecule has 3 aliphatic rings. The van der Waals surface area contributed by atoms with Crippen LogP contribution < -0.4 is 9.64 Å². The molecule has 1 aromatic heterocycles. The van der Waals surface area contributed by atoms with Crippen molar-refractivity contribution in [2.75, 3.05) is 44.8 Å². The lowest BCUT2D eigenvalue weighted by Gasteiger charge is -2.40. The molecule has 0 saturated carbocycles. The van der Waals surface area contributed by atoms with E-state index in [-0.39, 0.29) is 60.7 Å². The number of pyridine rings is 1. The van der Waals surface area contributed by atoms with Gasteiger partial charge < -0.3 is 28.9 Å². The van der Waals surface area contributed by atoms with Gasteiger partial charge >= 0.3 is 6.09 Å². The summed E-state index contributed by atoms with van der Waals surface area (Å²) >= 11 is 0. The smallest absolute Gasteiger partial charge is 0.410 e. The van der Waals surface area contributed by atoms with Gasteiger partial charge in [-0.1, -0.05) is 12.1 Å². The zero-order valence-corrected chi connectivity index (χ0v) is 23.8. The molecule has 5 rings (SSSR count). The molecule has 2 aromatic rings. The van der Waals surface area contributed by atoms with Crippen LogP contribution in [0.25, 0.3) is 11.3 Å². The van der Waals surface area contributed by atoms with E-state index in [1.807, 2.05) is 18.7 Å². The molecule has 0 bridgehead atoms. The molecule has 0 N–H and O–H groups in total. The average molecular weight is 559 g/mol. The number of nitrogens with zero attached hydrogens (tertiary/aromatic N) is 4. The molecule has 2 fully saturated rings. The van der Waals surface area contributed by atoms with Crippen LogP contribution in [0.5, 0.6) is 5.75 Å². The second-order valence-corrected chi connectivity index (χ2v) is 12.2. The van der Waals surface area contributed by atoms with Crippen LogP contribution in [0.15, 0.2) is 24.3 Å². The molecule has 2 amide bonds. The molecule has 0 radical (unpaired) electrons. The second-order valence-electron chi connectivity index (χ2n) is 12.2. The van der Waals surface area contributed by atoms with E-state index in [1.54, 1.807) is 38.8 Å². The Labute approximate surface area is 233 Å². The molecule has 0 spiro atoms. The third-order valence-electron chi connectivity index (χ3n) is 7.67. The highest BCUT2D eigenvalue weighted by Gasteiger charge is 2.46. The number of aromatic nitrogens is 1. The van der Waals surface area contributed by atoms with E-state index in [0.717, 1.165) is 0 Å². The predicted octanol–water partition coefficient (Wildman–Crippen LogP) is 4.48. The van der Waals surface area contributed by atoms with Gasteiger partial charge in [0.1, 0.15) is 35.1 Å². The third-order valence-corrected chi connectivity index (χ3v) is 7.67. The van der Waals surface area contributed by atoms with Crippen LogP contribution >= 0.6 is 0 Å². The number of amides is 2. The standard InChI is InChI=1S/C29H36F2N4O5/c1-28(2,3)40-27(37)33-11-12-34-17(14-33)16-39-24-21(26(34)36)25(35-15-18(38-6)13-29(35,4)5)32-23(22(24)31)19-9-7-8-10-20(19)30/h7-10,17-18H,11-16H2,1-6H3/t17-,18?/m1/s1. The first kappa shape index (κ1) is 28.1. The number of methoxy groups -OCH3 is 1. The van der Waals surface area contributed by atoms with Crippen LogP contribution in [-0.4, -0.2) is 90.0 Å². The maximum absolute atomic E-state index is 16.2. The fourth-order valence-corrected chi connectivity index (χ4v) is 5.68. The number of hydrogen-bond donors (Lipinski definition) is 0. The van der Waals surface area contributed by atoms with Crippen molar-refractivity contribution in [1.82, 2.24) is 14.8 Å². The summed E-state index contributed by atoms with van der Waals surface area (Å²) in [5, 5.41) is 0. The molecule has 1 aromatic carbocycles. The van der Waals surface area contributed by atoms with Gasteiger partial charge in [-0.2, -0.15) is 0 Å². The summed E-state index contributed by atoms with van der Waals surface area (Å²) < 4.78 is 48.3. The molecule has 11 heteroatoms. The number of benzene rings is 1. The molecule has 2 atom stereocenters. The number of piperazine rings is 1. The lowest BCUT2D eigenvalue weighted by molar-refractivity contribution is 0.000864. The van der Waals surface area contributed by atoms with Crippen molar-refractivity contribution < 1.29 is 32.6 Å². The van der Waals surface area contributed by atoms with Crippen molar-refractivity contribution in [2.24, 2.45) is 0 Å². The lowest BCUT2D eigenvalue weighted by Crippen LogP contribution is -2.58. The second kappa shape index (κ2) is 10.2. The summed E-state index contributed by atoms with van der Waals surface area (Å²) in [5.74, 6) is -2.02. The summed E-state index contributed by atoms with van der Waals surface area (Å²) in [6, 6.07) is 5.26. The van der Waals surface area contributed by atoms with E-state index in [4.69, 9.17) is 14.2 Å². The zero-order valence-electron chi connectivity index (χ0n) is 23.8. The van der Waals surface area contributed by atoms with Gasteiger partial charge in [0, 0.05) is 44.4 Å². The van der Waals surface area contributed by atoms with Crippen LogP contribution in [-0.2, 0) is 9.47 Å². The normalized spacial score (nSPS) is 22.4. The van der Waals surface area contributed by atoms with Gasteiger partial charge in [0.05, 0.1) is 12.1 Å². The summed E-state index contributed by atoms with van der Waals surface area (Å²) in [7, 11) is 1.62. The first-order chi connectivity index (χ1) is 18.8. The first-order valence-electron chi connectivity index (χ1n) is 13.5. The average Bonchev–Trinajstić information content (AvgIpc) is 3.12. The number of anilines is 1. The van der Waals surface area contributed by atoms with Crippen LogP contribution in [0, 0.1) is 11.6 Å². The summed E-state index contributed by atoms with van der Waals surface area (Å²) in [6.45, 7) is 10.3. The minimum absolute atomic E-state index is 0.00404. The number of fused-ring (bicyclic) bond motifs is 2. The molecule has 3 aliphatic heterocycles. The Kier molecular flexibility index (Phi) is 7.14. The molecule has 40 heavy (non-hydrogen) atoms. The summed E-state index contributed by atoms with van der Waals surface area (Å²) in [4.78, 5) is 36.6. The van der Waals surface area contributed by atoms with Crippen molar-refractivity contribution in [1.29, 1.82) is 0 Å². The van der Waals surface area contributed by atoms with Gasteiger partial charge in [0.15, 0.2) is 11.6 Å². The number of rotatable bonds is 3. The van der Waals surface area contributed by atoms with Crippen molar-refractivity contribution >= 4 is 17.8 Å². The van der Waals surface area contributed by atoms with Crippen LogP contribution in [0.1, 0.15) is 51.4 Å². The van der Waals surface area contributed by atoms with Gasteiger partial charge in [0.2, 0.25) is 0 Å². The number of ether oxygens (including phenoxy) is 3. The Morgan fingerprint density at radius 1 is 1.15 bits per heavy atom. The molecular weight excluding hydrogens is 522 g/mol. The maximum Gasteiger partial charge on any atom is 0.410 e. The van der Waals surface area contributed by atoms with Crippen LogP contribution in [0.4, 0.5) is 19.4 Å². The quantitative estimate of drug-likeness (QED) is 0.549. The largest absolute Gasteiger partial charge is 0.487 e. The lowest BCUT2D eigenvalue weighted by atomic mass is 9.99. The minimum atomic E-state index is -0.902. The fourth-order valence-electron chi connectivity index (χ4n) is 5.68. The Morgan fingerprint density at radius 2 is 1.88 bits per heavy atom. The minimum Gasteiger partial charge on any atom is -0.487 e. The van der Waals surface area contributed by atoms with E-state index < -0.39 is 40.8 Å². The summed E-state index contributed by atoms with van der Waals surface area (Å²) in [5.41, 5.74) is -1.43. The monoisotopic (exact) mass is 558 g/mol. The molecule has 2 saturated heterocycles. The van der Waals surface area contributed by atoms with Crippen LogP contribution in [0.2, 0.25) is 0 Å². The van der Waals surface area contributed by atoms with Crippen LogP contribution in [0.3, 0.4) is 0 Å². The third kappa shape index (κ3) is 5.07. The van der Waals surface area contributed by atoms with Crippen molar-refractivity contribution in [2.45, 2.75) is 64.3 Å². The molecule has 4 heterocycles. The Balaban J connectivity index is 1.59. The molecule has 216 valence electrons. The van der Waals surface area contributed by atoms with Crippen molar-refractivity contribution in [3.05, 3.63) is 41.5 Å². The van der Waals surface area contributed by atoms with Gasteiger partial charge in [-0.3, -0.25) is 4.79 Å². The Morgan fingerprint density at radius 3 is 2.52 bits per heavy atom. The Bertz CT molecular complexity index is 1330. The molecule has 0 aliphatic carbocycles. The SMILES string of the molecule is COC1CN(c2nc(-c3ccccc3F)c(F)c3c2C(=O)N2CCN(C(=O)OC(C)(C)C)C[C@@H]2CO3)C(C)(C)C1. The van der Waals surface area contributed by atoms with E-state index in [2.05, 4.69) is 4.98 Å². The highest BCUT2D eigenvalue weighted by Crippen LogP contribution is 2.44. The van der Waals surface area contributed by atoms with E-state index >= 15 is 4.39 Å². The predicted molar refractivity (Wildman–Crippen MR) is 145 cm³/mol. The van der Waals surface area contributed by atoms with Gasteiger partial charge in [-0.05, 0) is 53.2 Å². The highest BCUT2D eigenvalue weighted by molar-refractivity contribution is 6.03. The summed E-state index contributed by atoms with van der Waals surface area (Å²) in [6.07, 6.45) is 0.0287. The number of hydrogen-bond acceptors (Lipinski definition) is 7. The number of carbonyl (C=O) groups excluding carboxylic acids is 2. The van der Waals surface area contributed by atoms with Crippen molar-refractivity contribution in [3.63, 3.8) is 0 Å². The highest BCUT2D eigenvalue weighted by atomic mass is 19.1. The van der Waals surface area contributed by atoms with E-state index in [0.29, 0.717) is 13.0 Å². The molecular formula is C29H36F2N4O5. The molecule has 1 unspecified atom stereocenters. The van der Waals surface area contributed by atoms with E-state index in [1.165, 1.54) is 23.1 Å². The fraction of sp³-hybridized carbons (Fsp3) is 0.552. The van der Waals surface area contributed by atoms with Gasteiger partial charge in [-0.25, -0.2) is 18.6 Å². The number of carbonyl (C=O) groups is 2. The topological polar surface area (TPSA) is 84.4 Å². The maximum atomic E-state index is 16.2.